The predicted octanol–water partition coefficient (Wildman–Crippen LogP) is 5.33. The highest BCUT2D eigenvalue weighted by molar-refractivity contribution is 7.80. The second-order valence-corrected chi connectivity index (χ2v) is 9.87. The first-order chi connectivity index (χ1) is 18.3. The third-order valence-electron chi connectivity index (χ3n) is 6.82. The summed E-state index contributed by atoms with van der Waals surface area (Å²) in [6, 6.07) is 17.4. The molecule has 38 heavy (non-hydrogen) atoms. The van der Waals surface area contributed by atoms with Gasteiger partial charge in [0.25, 0.3) is 0 Å². The van der Waals surface area contributed by atoms with Gasteiger partial charge in [0.2, 0.25) is 5.91 Å². The molecule has 0 radical (unpaired) electrons. The maximum absolute atomic E-state index is 13.2. The van der Waals surface area contributed by atoms with Gasteiger partial charge in [0.15, 0.2) is 5.11 Å². The Morgan fingerprint density at radius 3 is 2.55 bits per heavy atom. The summed E-state index contributed by atoms with van der Waals surface area (Å²) in [7, 11) is 0. The number of aromatic nitrogens is 3. The molecule has 1 amide bonds. The summed E-state index contributed by atoms with van der Waals surface area (Å²) in [5.74, 6) is 0.339. The first kappa shape index (κ1) is 25.5. The van der Waals surface area contributed by atoms with Crippen molar-refractivity contribution in [2.75, 3.05) is 11.9 Å². The van der Waals surface area contributed by atoms with E-state index in [2.05, 4.69) is 63.0 Å². The number of benzene rings is 1. The van der Waals surface area contributed by atoms with Gasteiger partial charge in [0.05, 0.1) is 17.8 Å². The Morgan fingerprint density at radius 2 is 1.84 bits per heavy atom. The largest absolute Gasteiger partial charge is 0.352 e. The summed E-state index contributed by atoms with van der Waals surface area (Å²) < 4.78 is 15.4. The van der Waals surface area contributed by atoms with Crippen molar-refractivity contribution in [2.45, 2.75) is 39.3 Å². The van der Waals surface area contributed by atoms with E-state index in [0.717, 1.165) is 34.0 Å². The Balaban J connectivity index is 1.46. The quantitative estimate of drug-likeness (QED) is 0.316. The lowest BCUT2D eigenvalue weighted by Crippen LogP contribution is -2.32. The summed E-state index contributed by atoms with van der Waals surface area (Å²) in [6.07, 6.45) is 3.80. The highest BCUT2D eigenvalue weighted by Gasteiger charge is 2.41. The molecule has 5 rings (SSSR count). The fraction of sp³-hybridized carbons (Fsp3) is 0.241. The number of hydrogen-bond donors (Lipinski definition) is 2. The van der Waals surface area contributed by atoms with Gasteiger partial charge >= 0.3 is 0 Å². The van der Waals surface area contributed by atoms with E-state index in [9.17, 15) is 9.18 Å². The number of aryl methyl sites for hydroxylation is 2. The molecular formula is C29H29FN6OS. The minimum Gasteiger partial charge on any atom is -0.352 e. The Kier molecular flexibility index (Phi) is 7.20. The Bertz CT molecular complexity index is 1470. The average molecular weight is 529 g/mol. The average Bonchev–Trinajstić information content (AvgIpc) is 3.39. The van der Waals surface area contributed by atoms with Gasteiger partial charge in [-0.1, -0.05) is 6.07 Å². The smallest absolute Gasteiger partial charge is 0.226 e. The van der Waals surface area contributed by atoms with Gasteiger partial charge in [-0.15, -0.1) is 0 Å². The SMILES string of the molecule is Cc1ccnc(-n2c(C)cc([C@H]3[C@@H](c4ccccn4)NC(=S)N3CCC(=O)Nc3ccc(F)cc3)c2C)c1. The molecular weight excluding hydrogens is 499 g/mol. The van der Waals surface area contributed by atoms with Crippen molar-refractivity contribution < 1.29 is 9.18 Å². The van der Waals surface area contributed by atoms with Gasteiger partial charge in [0, 0.05) is 42.4 Å². The van der Waals surface area contributed by atoms with Gasteiger partial charge in [-0.2, -0.15) is 0 Å². The summed E-state index contributed by atoms with van der Waals surface area (Å²) in [6.45, 7) is 6.61. The topological polar surface area (TPSA) is 75.1 Å². The summed E-state index contributed by atoms with van der Waals surface area (Å²) in [5.41, 5.74) is 5.76. The van der Waals surface area contributed by atoms with E-state index in [1.54, 1.807) is 18.3 Å². The Hall–Kier alpha value is -4.11. The van der Waals surface area contributed by atoms with Crippen LogP contribution in [0.4, 0.5) is 10.1 Å². The van der Waals surface area contributed by atoms with E-state index in [0.29, 0.717) is 17.3 Å². The number of anilines is 1. The van der Waals surface area contributed by atoms with Crippen LogP contribution in [-0.4, -0.2) is 37.0 Å². The molecule has 1 aliphatic heterocycles. The molecule has 1 aliphatic rings. The molecule has 0 aliphatic carbocycles. The van der Waals surface area contributed by atoms with Crippen molar-refractivity contribution in [1.29, 1.82) is 0 Å². The number of pyridine rings is 2. The zero-order valence-electron chi connectivity index (χ0n) is 21.5. The van der Waals surface area contributed by atoms with Gasteiger partial charge in [-0.25, -0.2) is 9.37 Å². The number of halogens is 1. The molecule has 0 unspecified atom stereocenters. The highest BCUT2D eigenvalue weighted by Crippen LogP contribution is 2.41. The number of nitrogens with one attached hydrogen (secondary N) is 2. The van der Waals surface area contributed by atoms with Crippen LogP contribution in [0, 0.1) is 26.6 Å². The third kappa shape index (κ3) is 5.15. The first-order valence-electron chi connectivity index (χ1n) is 12.5. The maximum Gasteiger partial charge on any atom is 0.226 e. The highest BCUT2D eigenvalue weighted by atomic mass is 32.1. The lowest BCUT2D eigenvalue weighted by atomic mass is 9.96. The molecule has 4 heterocycles. The van der Waals surface area contributed by atoms with Crippen molar-refractivity contribution in [3.63, 3.8) is 0 Å². The molecule has 9 heteroatoms. The molecule has 0 spiro atoms. The fourth-order valence-corrected chi connectivity index (χ4v) is 5.38. The van der Waals surface area contributed by atoms with E-state index in [-0.39, 0.29) is 30.2 Å². The van der Waals surface area contributed by atoms with Gasteiger partial charge < -0.3 is 20.1 Å². The van der Waals surface area contributed by atoms with Crippen LogP contribution < -0.4 is 10.6 Å². The number of nitrogens with zero attached hydrogens (tertiary/aromatic N) is 4. The minimum atomic E-state index is -0.349. The fourth-order valence-electron chi connectivity index (χ4n) is 5.05. The van der Waals surface area contributed by atoms with E-state index >= 15 is 0 Å². The normalized spacial score (nSPS) is 16.9. The van der Waals surface area contributed by atoms with Crippen LogP contribution in [0.5, 0.6) is 0 Å². The summed E-state index contributed by atoms with van der Waals surface area (Å²) in [4.78, 5) is 24.1. The number of amides is 1. The third-order valence-corrected chi connectivity index (χ3v) is 7.18. The van der Waals surface area contributed by atoms with Crippen molar-refractivity contribution in [2.24, 2.45) is 0 Å². The number of carbonyl (C=O) groups is 1. The lowest BCUT2D eigenvalue weighted by molar-refractivity contribution is -0.116. The van der Waals surface area contributed by atoms with Gasteiger partial charge in [-0.3, -0.25) is 9.78 Å². The number of rotatable bonds is 7. The zero-order valence-corrected chi connectivity index (χ0v) is 22.3. The summed E-state index contributed by atoms with van der Waals surface area (Å²) in [5, 5.41) is 6.85. The number of carbonyl (C=O) groups excluding carboxylic acids is 1. The van der Waals surface area contributed by atoms with Crippen LogP contribution in [0.3, 0.4) is 0 Å². The van der Waals surface area contributed by atoms with Crippen LogP contribution in [-0.2, 0) is 4.79 Å². The number of thiocarbonyl (C=S) groups is 1. The van der Waals surface area contributed by atoms with E-state index in [1.165, 1.54) is 12.1 Å². The van der Waals surface area contributed by atoms with Crippen molar-refractivity contribution in [3.05, 3.63) is 107 Å². The van der Waals surface area contributed by atoms with E-state index in [4.69, 9.17) is 12.2 Å². The van der Waals surface area contributed by atoms with Crippen molar-refractivity contribution >= 4 is 28.9 Å². The monoisotopic (exact) mass is 528 g/mol. The van der Waals surface area contributed by atoms with Gasteiger partial charge in [-0.05, 0) is 98.7 Å². The molecule has 4 aromatic rings. The van der Waals surface area contributed by atoms with Crippen LogP contribution >= 0.6 is 12.2 Å². The van der Waals surface area contributed by atoms with E-state index in [1.807, 2.05) is 30.5 Å². The standard InChI is InChI=1S/C29H29FN6OS/c1-18-11-14-32-25(16-18)36-19(2)17-23(20(36)3)28-27(24-6-4-5-13-31-24)34-29(38)35(28)15-12-26(37)33-22-9-7-21(30)8-10-22/h4-11,13-14,16-17,27-28H,12,15H2,1-3H3,(H,33,37)(H,34,38)/t27-,28+/m1/s1. The molecule has 1 aromatic carbocycles. The molecule has 1 saturated heterocycles. The zero-order chi connectivity index (χ0) is 26.8. The molecule has 1 fully saturated rings. The number of hydrogen-bond acceptors (Lipinski definition) is 4. The van der Waals surface area contributed by atoms with Crippen LogP contribution in [0.1, 0.15) is 46.7 Å². The second kappa shape index (κ2) is 10.7. The van der Waals surface area contributed by atoms with E-state index < -0.39 is 0 Å². The second-order valence-electron chi connectivity index (χ2n) is 9.48. The molecule has 0 saturated carbocycles. The molecule has 2 N–H and O–H groups in total. The maximum atomic E-state index is 13.2. The molecule has 0 bridgehead atoms. The van der Waals surface area contributed by atoms with Crippen molar-refractivity contribution in [1.82, 2.24) is 24.8 Å². The molecule has 2 atom stereocenters. The first-order valence-corrected chi connectivity index (χ1v) is 12.9. The summed E-state index contributed by atoms with van der Waals surface area (Å²) >= 11 is 5.78. The van der Waals surface area contributed by atoms with Gasteiger partial charge in [0.1, 0.15) is 11.6 Å². The van der Waals surface area contributed by atoms with Crippen molar-refractivity contribution in [3.8, 4) is 5.82 Å². The Labute approximate surface area is 226 Å². The molecule has 7 nitrogen and oxygen atoms in total. The van der Waals surface area contributed by atoms with Crippen LogP contribution in [0.2, 0.25) is 0 Å². The lowest BCUT2D eigenvalue weighted by Gasteiger charge is -2.28. The molecule has 194 valence electrons. The minimum absolute atomic E-state index is 0.172. The Morgan fingerprint density at radius 1 is 1.05 bits per heavy atom. The predicted molar refractivity (Wildman–Crippen MR) is 150 cm³/mol. The molecule has 3 aromatic heterocycles. The van der Waals surface area contributed by atoms with Crippen LogP contribution in [0.25, 0.3) is 5.82 Å². The van der Waals surface area contributed by atoms with Crippen LogP contribution in [0.15, 0.2) is 73.1 Å².